The fourth-order valence-corrected chi connectivity index (χ4v) is 1.77. The van der Waals surface area contributed by atoms with Gasteiger partial charge in [0.15, 0.2) is 0 Å². The number of carboxylic acid groups (broad SMARTS) is 1. The number of halogens is 3. The quantitative estimate of drug-likeness (QED) is 0.666. The fourth-order valence-electron chi connectivity index (χ4n) is 1.77. The summed E-state index contributed by atoms with van der Waals surface area (Å²) in [7, 11) is 0. The van der Waals surface area contributed by atoms with Gasteiger partial charge in [-0.2, -0.15) is 18.3 Å². The van der Waals surface area contributed by atoms with Crippen LogP contribution in [0, 0.1) is 0 Å². The van der Waals surface area contributed by atoms with Crippen molar-refractivity contribution in [2.75, 3.05) is 5.43 Å². The van der Waals surface area contributed by atoms with Crippen molar-refractivity contribution in [1.82, 2.24) is 0 Å². The van der Waals surface area contributed by atoms with Crippen molar-refractivity contribution in [2.24, 2.45) is 5.10 Å². The van der Waals surface area contributed by atoms with Gasteiger partial charge >= 0.3 is 12.1 Å². The highest BCUT2D eigenvalue weighted by atomic mass is 19.4. The van der Waals surface area contributed by atoms with Gasteiger partial charge in [-0.25, -0.2) is 4.79 Å². The molecule has 7 heteroatoms. The Morgan fingerprint density at radius 1 is 1.14 bits per heavy atom. The number of alkyl halides is 3. The summed E-state index contributed by atoms with van der Waals surface area (Å²) in [5.41, 5.74) is 2.04. The van der Waals surface area contributed by atoms with Crippen LogP contribution in [0.4, 0.5) is 18.9 Å². The predicted molar refractivity (Wildman–Crippen MR) is 76.1 cm³/mol. The molecule has 0 fully saturated rings. The Hall–Kier alpha value is -2.83. The van der Waals surface area contributed by atoms with Crippen LogP contribution in [0.2, 0.25) is 0 Å². The van der Waals surface area contributed by atoms with Crippen LogP contribution in [-0.2, 0) is 6.18 Å². The zero-order valence-corrected chi connectivity index (χ0v) is 11.1. The number of carbonyl (C=O) groups is 1. The van der Waals surface area contributed by atoms with Crippen LogP contribution < -0.4 is 5.43 Å². The van der Waals surface area contributed by atoms with Gasteiger partial charge in [-0.15, -0.1) is 0 Å². The number of aromatic carboxylic acids is 1. The van der Waals surface area contributed by atoms with Crippen LogP contribution in [0.25, 0.3) is 0 Å². The first-order valence-corrected chi connectivity index (χ1v) is 6.16. The first-order chi connectivity index (χ1) is 10.4. The summed E-state index contributed by atoms with van der Waals surface area (Å²) in [5.74, 6) is -1.10. The summed E-state index contributed by atoms with van der Waals surface area (Å²) in [4.78, 5) is 10.8. The molecule has 2 aromatic rings. The second kappa shape index (κ2) is 6.30. The van der Waals surface area contributed by atoms with Crippen LogP contribution in [0.1, 0.15) is 21.5 Å². The average Bonchev–Trinajstić information content (AvgIpc) is 2.47. The molecule has 0 aromatic heterocycles. The second-order valence-electron chi connectivity index (χ2n) is 4.34. The van der Waals surface area contributed by atoms with Crippen LogP contribution in [0.15, 0.2) is 53.6 Å². The molecule has 0 atom stereocenters. The van der Waals surface area contributed by atoms with E-state index in [1.54, 1.807) is 6.07 Å². The maximum Gasteiger partial charge on any atom is 0.417 e. The van der Waals surface area contributed by atoms with E-state index in [-0.39, 0.29) is 11.1 Å². The molecule has 0 aliphatic rings. The lowest BCUT2D eigenvalue weighted by Crippen LogP contribution is -2.08. The molecule has 0 unspecified atom stereocenters. The van der Waals surface area contributed by atoms with Crippen molar-refractivity contribution >= 4 is 17.9 Å². The molecule has 0 spiro atoms. The normalized spacial score (nSPS) is 11.6. The average molecular weight is 308 g/mol. The van der Waals surface area contributed by atoms with Gasteiger partial charge < -0.3 is 5.11 Å². The van der Waals surface area contributed by atoms with Crippen LogP contribution in [-0.4, -0.2) is 17.3 Å². The minimum absolute atomic E-state index is 0.0518. The van der Waals surface area contributed by atoms with Gasteiger partial charge in [-0.3, -0.25) is 5.43 Å². The lowest BCUT2D eigenvalue weighted by atomic mass is 10.1. The number of hydrogen-bond acceptors (Lipinski definition) is 3. The molecular formula is C15H11F3N2O2. The van der Waals surface area contributed by atoms with E-state index in [9.17, 15) is 18.0 Å². The summed E-state index contributed by atoms with van der Waals surface area (Å²) in [6.45, 7) is 0. The maximum absolute atomic E-state index is 12.8. The first kappa shape index (κ1) is 15.6. The van der Waals surface area contributed by atoms with Gasteiger partial charge in [0, 0.05) is 5.56 Å². The standard InChI is InChI=1S/C15H11F3N2O2/c16-15(17,18)13-7-2-1-4-11(13)9-19-20-12-6-3-5-10(8-12)14(21)22/h1-9,20H,(H,21,22)/b19-9+. The number of nitrogens with zero attached hydrogens (tertiary/aromatic N) is 1. The third kappa shape index (κ3) is 3.85. The molecule has 4 nitrogen and oxygen atoms in total. The van der Waals surface area contributed by atoms with Crippen molar-refractivity contribution in [1.29, 1.82) is 0 Å². The van der Waals surface area contributed by atoms with E-state index in [0.29, 0.717) is 5.69 Å². The Morgan fingerprint density at radius 3 is 2.55 bits per heavy atom. The molecule has 2 N–H and O–H groups in total. The van der Waals surface area contributed by atoms with E-state index in [2.05, 4.69) is 10.5 Å². The molecule has 0 saturated carbocycles. The topological polar surface area (TPSA) is 61.7 Å². The molecule has 0 heterocycles. The molecular weight excluding hydrogens is 297 g/mol. The number of benzene rings is 2. The molecule has 2 rings (SSSR count). The zero-order valence-electron chi connectivity index (χ0n) is 11.1. The summed E-state index contributed by atoms with van der Waals surface area (Å²) < 4.78 is 38.4. The van der Waals surface area contributed by atoms with Crippen LogP contribution in [0.5, 0.6) is 0 Å². The Bertz CT molecular complexity index is 712. The Balaban J connectivity index is 2.17. The van der Waals surface area contributed by atoms with E-state index in [1.807, 2.05) is 0 Å². The number of hydrazone groups is 1. The van der Waals surface area contributed by atoms with Crippen LogP contribution in [0.3, 0.4) is 0 Å². The summed E-state index contributed by atoms with van der Waals surface area (Å²) in [6, 6.07) is 10.8. The Labute approximate surface area is 123 Å². The van der Waals surface area contributed by atoms with Crippen molar-refractivity contribution < 1.29 is 23.1 Å². The smallest absolute Gasteiger partial charge is 0.417 e. The number of carboxylic acids is 1. The minimum Gasteiger partial charge on any atom is -0.478 e. The highest BCUT2D eigenvalue weighted by Crippen LogP contribution is 2.31. The van der Waals surface area contributed by atoms with E-state index >= 15 is 0 Å². The van der Waals surface area contributed by atoms with Gasteiger partial charge in [0.1, 0.15) is 0 Å². The molecule has 22 heavy (non-hydrogen) atoms. The molecule has 0 bridgehead atoms. The predicted octanol–water partition coefficient (Wildman–Crippen LogP) is 3.85. The number of rotatable bonds is 4. The maximum atomic E-state index is 12.8. The largest absolute Gasteiger partial charge is 0.478 e. The lowest BCUT2D eigenvalue weighted by molar-refractivity contribution is -0.137. The van der Waals surface area contributed by atoms with Gasteiger partial charge in [0.2, 0.25) is 0 Å². The molecule has 0 amide bonds. The molecule has 0 aliphatic carbocycles. The lowest BCUT2D eigenvalue weighted by Gasteiger charge is -2.09. The van der Waals surface area contributed by atoms with E-state index in [1.165, 1.54) is 36.4 Å². The van der Waals surface area contributed by atoms with Crippen molar-refractivity contribution in [3.63, 3.8) is 0 Å². The van der Waals surface area contributed by atoms with Crippen LogP contribution >= 0.6 is 0 Å². The third-order valence-electron chi connectivity index (χ3n) is 2.77. The molecule has 0 radical (unpaired) electrons. The first-order valence-electron chi connectivity index (χ1n) is 6.16. The Morgan fingerprint density at radius 2 is 1.86 bits per heavy atom. The Kier molecular flexibility index (Phi) is 4.45. The van der Waals surface area contributed by atoms with Gasteiger partial charge in [-0.1, -0.05) is 24.3 Å². The second-order valence-corrected chi connectivity index (χ2v) is 4.34. The molecule has 114 valence electrons. The van der Waals surface area contributed by atoms with Gasteiger partial charge in [-0.05, 0) is 24.3 Å². The van der Waals surface area contributed by atoms with E-state index < -0.39 is 17.7 Å². The number of anilines is 1. The molecule has 2 aromatic carbocycles. The van der Waals surface area contributed by atoms with Crippen molar-refractivity contribution in [3.05, 3.63) is 65.2 Å². The molecule has 0 aliphatic heterocycles. The van der Waals surface area contributed by atoms with Gasteiger partial charge in [0.05, 0.1) is 23.0 Å². The summed E-state index contributed by atoms with van der Waals surface area (Å²) in [5, 5.41) is 12.6. The minimum atomic E-state index is -4.47. The number of nitrogens with one attached hydrogen (secondary N) is 1. The SMILES string of the molecule is O=C(O)c1cccc(N/N=C/c2ccccc2C(F)(F)F)c1. The highest BCUT2D eigenvalue weighted by molar-refractivity contribution is 5.89. The fraction of sp³-hybridized carbons (Fsp3) is 0.0667. The van der Waals surface area contributed by atoms with Gasteiger partial charge in [0.25, 0.3) is 0 Å². The van der Waals surface area contributed by atoms with E-state index in [0.717, 1.165) is 12.3 Å². The van der Waals surface area contributed by atoms with Crippen molar-refractivity contribution in [3.8, 4) is 0 Å². The number of hydrogen-bond donors (Lipinski definition) is 2. The zero-order chi connectivity index (χ0) is 16.2. The summed E-state index contributed by atoms with van der Waals surface area (Å²) >= 11 is 0. The summed E-state index contributed by atoms with van der Waals surface area (Å²) in [6.07, 6.45) is -3.43. The van der Waals surface area contributed by atoms with E-state index in [4.69, 9.17) is 5.11 Å². The molecule has 0 saturated heterocycles. The highest BCUT2D eigenvalue weighted by Gasteiger charge is 2.32. The monoisotopic (exact) mass is 308 g/mol. The third-order valence-corrected chi connectivity index (χ3v) is 2.77. The van der Waals surface area contributed by atoms with Crippen molar-refractivity contribution in [2.45, 2.75) is 6.18 Å².